The molecule has 3 rings (SSSR count). The highest BCUT2D eigenvalue weighted by Crippen LogP contribution is 2.20. The van der Waals surface area contributed by atoms with Crippen molar-refractivity contribution in [1.82, 2.24) is 15.3 Å². The van der Waals surface area contributed by atoms with Gasteiger partial charge in [0.15, 0.2) is 5.76 Å². The minimum Gasteiger partial charge on any atom is -0.460 e. The summed E-state index contributed by atoms with van der Waals surface area (Å²) < 4.78 is 5.59. The number of hydrogen-bond donors (Lipinski definition) is 1. The third-order valence-corrected chi connectivity index (χ3v) is 3.33. The molecule has 1 saturated heterocycles. The van der Waals surface area contributed by atoms with Crippen LogP contribution in [0.5, 0.6) is 0 Å². The smallest absolute Gasteiger partial charge is 0.152 e. The minimum absolute atomic E-state index is 0.665. The van der Waals surface area contributed by atoms with E-state index in [2.05, 4.69) is 15.3 Å². The van der Waals surface area contributed by atoms with Gasteiger partial charge in [0.05, 0.1) is 0 Å². The Morgan fingerprint density at radius 3 is 3.06 bits per heavy atom. The van der Waals surface area contributed by atoms with Crippen molar-refractivity contribution in [2.75, 3.05) is 13.1 Å². The zero-order chi connectivity index (χ0) is 12.4. The molecule has 1 aliphatic heterocycles. The molecular weight excluding hydrogens is 226 g/mol. The van der Waals surface area contributed by atoms with Crippen LogP contribution in [0.25, 0.3) is 11.5 Å². The molecule has 4 nitrogen and oxygen atoms in total. The summed E-state index contributed by atoms with van der Waals surface area (Å²) >= 11 is 0. The lowest BCUT2D eigenvalue weighted by Gasteiger charge is -2.07. The molecule has 18 heavy (non-hydrogen) atoms. The van der Waals surface area contributed by atoms with Crippen LogP contribution in [-0.2, 0) is 6.42 Å². The Labute approximate surface area is 106 Å². The molecule has 1 atom stereocenters. The Morgan fingerprint density at radius 1 is 1.39 bits per heavy atom. The number of hydrogen-bond acceptors (Lipinski definition) is 4. The van der Waals surface area contributed by atoms with Gasteiger partial charge in [-0.15, -0.1) is 0 Å². The molecule has 0 amide bonds. The topological polar surface area (TPSA) is 51.0 Å². The molecule has 0 aliphatic carbocycles. The van der Waals surface area contributed by atoms with E-state index in [-0.39, 0.29) is 0 Å². The van der Waals surface area contributed by atoms with E-state index in [1.807, 2.05) is 31.3 Å². The van der Waals surface area contributed by atoms with Gasteiger partial charge in [0.1, 0.15) is 17.3 Å². The van der Waals surface area contributed by atoms with E-state index >= 15 is 0 Å². The highest BCUT2D eigenvalue weighted by atomic mass is 16.3. The molecule has 1 aliphatic rings. The van der Waals surface area contributed by atoms with Crippen LogP contribution in [0.2, 0.25) is 0 Å². The van der Waals surface area contributed by atoms with Crippen LogP contribution in [-0.4, -0.2) is 23.1 Å². The summed E-state index contributed by atoms with van der Waals surface area (Å²) in [6.07, 6.45) is 3.98. The van der Waals surface area contributed by atoms with Crippen LogP contribution in [0.15, 0.2) is 28.8 Å². The number of aryl methyl sites for hydroxylation is 1. The molecule has 0 saturated carbocycles. The van der Waals surface area contributed by atoms with Gasteiger partial charge in [-0.2, -0.15) is 0 Å². The van der Waals surface area contributed by atoms with Gasteiger partial charge in [-0.05, 0) is 50.6 Å². The molecule has 2 aromatic rings. The fourth-order valence-electron chi connectivity index (χ4n) is 2.35. The molecule has 1 unspecified atom stereocenters. The molecule has 1 N–H and O–H groups in total. The lowest BCUT2D eigenvalue weighted by molar-refractivity contribution is 0.541. The van der Waals surface area contributed by atoms with Crippen molar-refractivity contribution in [2.45, 2.75) is 19.8 Å². The zero-order valence-electron chi connectivity index (χ0n) is 10.5. The summed E-state index contributed by atoms with van der Waals surface area (Å²) in [7, 11) is 0. The second-order valence-electron chi connectivity index (χ2n) is 4.83. The van der Waals surface area contributed by atoms with E-state index in [1.165, 1.54) is 6.42 Å². The van der Waals surface area contributed by atoms with Crippen LogP contribution in [0.4, 0.5) is 0 Å². The van der Waals surface area contributed by atoms with Crippen molar-refractivity contribution in [3.63, 3.8) is 0 Å². The number of nitrogens with zero attached hydrogens (tertiary/aromatic N) is 2. The molecular formula is C14H17N3O. The van der Waals surface area contributed by atoms with Crippen LogP contribution in [0.3, 0.4) is 0 Å². The molecule has 3 heterocycles. The van der Waals surface area contributed by atoms with E-state index in [1.54, 1.807) is 0 Å². The van der Waals surface area contributed by atoms with Crippen molar-refractivity contribution < 1.29 is 4.42 Å². The molecule has 4 heteroatoms. The second-order valence-corrected chi connectivity index (χ2v) is 4.83. The fraction of sp³-hybridized carbons (Fsp3) is 0.429. The summed E-state index contributed by atoms with van der Waals surface area (Å²) in [4.78, 5) is 8.94. The molecule has 0 aromatic carbocycles. The summed E-state index contributed by atoms with van der Waals surface area (Å²) in [6.45, 7) is 4.13. The molecule has 0 radical (unpaired) electrons. The highest BCUT2D eigenvalue weighted by molar-refractivity contribution is 5.51. The molecule has 0 bridgehead atoms. The van der Waals surface area contributed by atoms with Crippen molar-refractivity contribution in [3.05, 3.63) is 36.0 Å². The average Bonchev–Trinajstić information content (AvgIpc) is 3.01. The van der Waals surface area contributed by atoms with Crippen LogP contribution < -0.4 is 5.32 Å². The largest absolute Gasteiger partial charge is 0.460 e. The molecule has 0 spiro atoms. The summed E-state index contributed by atoms with van der Waals surface area (Å²) in [5.74, 6) is 3.31. The van der Waals surface area contributed by atoms with Gasteiger partial charge in [0.25, 0.3) is 0 Å². The first-order chi connectivity index (χ1) is 8.81. The molecule has 1 fully saturated rings. The quantitative estimate of drug-likeness (QED) is 0.897. The van der Waals surface area contributed by atoms with Crippen molar-refractivity contribution >= 4 is 0 Å². The lowest BCUT2D eigenvalue weighted by Crippen LogP contribution is -2.12. The van der Waals surface area contributed by atoms with Gasteiger partial charge in [0, 0.05) is 12.6 Å². The van der Waals surface area contributed by atoms with E-state index < -0.39 is 0 Å². The second kappa shape index (κ2) is 4.90. The maximum absolute atomic E-state index is 5.59. The van der Waals surface area contributed by atoms with E-state index in [0.717, 1.165) is 42.5 Å². The first kappa shape index (κ1) is 11.4. The maximum atomic E-state index is 5.59. The number of nitrogens with one attached hydrogen (secondary N) is 1. The van der Waals surface area contributed by atoms with Gasteiger partial charge < -0.3 is 9.73 Å². The number of aromatic nitrogens is 2. The standard InChI is InChI=1S/C14H17N3O/c1-10-2-3-13(18-10)12-5-7-16-14(17-12)8-11-4-6-15-9-11/h2-3,5,7,11,15H,4,6,8-9H2,1H3. The van der Waals surface area contributed by atoms with Gasteiger partial charge in [-0.25, -0.2) is 9.97 Å². The summed E-state index contributed by atoms with van der Waals surface area (Å²) in [6, 6.07) is 5.81. The van der Waals surface area contributed by atoms with Crippen LogP contribution >= 0.6 is 0 Å². The van der Waals surface area contributed by atoms with E-state index in [0.29, 0.717) is 5.92 Å². The predicted octanol–water partition coefficient (Wildman–Crippen LogP) is 2.20. The Hall–Kier alpha value is -1.68. The van der Waals surface area contributed by atoms with Crippen LogP contribution in [0.1, 0.15) is 18.0 Å². The maximum Gasteiger partial charge on any atom is 0.152 e. The Kier molecular flexibility index (Phi) is 3.11. The molecule has 94 valence electrons. The zero-order valence-corrected chi connectivity index (χ0v) is 10.5. The SMILES string of the molecule is Cc1ccc(-c2ccnc(CC3CCNC3)n2)o1. The van der Waals surface area contributed by atoms with Gasteiger partial charge in [0.2, 0.25) is 0 Å². The molecule has 2 aromatic heterocycles. The number of rotatable bonds is 3. The summed E-state index contributed by atoms with van der Waals surface area (Å²) in [5.41, 5.74) is 0.874. The first-order valence-electron chi connectivity index (χ1n) is 6.41. The number of furan rings is 1. The third kappa shape index (κ3) is 2.43. The highest BCUT2D eigenvalue weighted by Gasteiger charge is 2.16. The van der Waals surface area contributed by atoms with Crippen molar-refractivity contribution in [2.24, 2.45) is 5.92 Å². The average molecular weight is 243 g/mol. The third-order valence-electron chi connectivity index (χ3n) is 3.33. The summed E-state index contributed by atoms with van der Waals surface area (Å²) in [5, 5.41) is 3.37. The first-order valence-corrected chi connectivity index (χ1v) is 6.41. The normalized spacial score (nSPS) is 19.3. The Balaban J connectivity index is 1.80. The van der Waals surface area contributed by atoms with Crippen molar-refractivity contribution in [1.29, 1.82) is 0 Å². The minimum atomic E-state index is 0.665. The van der Waals surface area contributed by atoms with Crippen LogP contribution in [0, 0.1) is 12.8 Å². The van der Waals surface area contributed by atoms with Crippen molar-refractivity contribution in [3.8, 4) is 11.5 Å². The fourth-order valence-corrected chi connectivity index (χ4v) is 2.35. The van der Waals surface area contributed by atoms with E-state index in [9.17, 15) is 0 Å². The van der Waals surface area contributed by atoms with Gasteiger partial charge >= 0.3 is 0 Å². The Morgan fingerprint density at radius 2 is 2.33 bits per heavy atom. The predicted molar refractivity (Wildman–Crippen MR) is 69.2 cm³/mol. The lowest BCUT2D eigenvalue weighted by atomic mass is 10.0. The Bertz CT molecular complexity index is 529. The van der Waals surface area contributed by atoms with Gasteiger partial charge in [-0.3, -0.25) is 0 Å². The van der Waals surface area contributed by atoms with Gasteiger partial charge in [-0.1, -0.05) is 0 Å². The monoisotopic (exact) mass is 243 g/mol. The van der Waals surface area contributed by atoms with E-state index in [4.69, 9.17) is 4.42 Å².